The summed E-state index contributed by atoms with van der Waals surface area (Å²) in [5.41, 5.74) is 5.41. The summed E-state index contributed by atoms with van der Waals surface area (Å²) < 4.78 is 0. The van der Waals surface area contributed by atoms with Crippen LogP contribution < -0.4 is 0 Å². The fourth-order valence-electron chi connectivity index (χ4n) is 4.40. The third-order valence-electron chi connectivity index (χ3n) is 6.39. The van der Waals surface area contributed by atoms with Gasteiger partial charge in [0.05, 0.1) is 11.4 Å². The molecule has 0 N–H and O–H groups in total. The van der Waals surface area contributed by atoms with Gasteiger partial charge in [0.1, 0.15) is 0 Å². The maximum Gasteiger partial charge on any atom is 0.276 e. The number of hydrogen-bond acceptors (Lipinski definition) is 5. The van der Waals surface area contributed by atoms with Crippen molar-refractivity contribution < 1.29 is 4.79 Å². The molecule has 4 rings (SSSR count). The van der Waals surface area contributed by atoms with Crippen molar-refractivity contribution in [2.75, 3.05) is 26.7 Å². The van der Waals surface area contributed by atoms with E-state index in [-0.39, 0.29) is 11.9 Å². The highest BCUT2D eigenvalue weighted by Crippen LogP contribution is 2.20. The molecule has 32 heavy (non-hydrogen) atoms. The van der Waals surface area contributed by atoms with Crippen molar-refractivity contribution in [2.45, 2.75) is 46.1 Å². The van der Waals surface area contributed by atoms with Crippen molar-refractivity contribution in [3.8, 4) is 5.69 Å². The molecule has 1 fully saturated rings. The normalized spacial score (nSPS) is 15.1. The molecule has 1 saturated heterocycles. The van der Waals surface area contributed by atoms with Gasteiger partial charge < -0.3 is 9.80 Å². The summed E-state index contributed by atoms with van der Waals surface area (Å²) in [6.45, 7) is 8.94. The third-order valence-corrected chi connectivity index (χ3v) is 6.39. The van der Waals surface area contributed by atoms with Crippen molar-refractivity contribution in [1.82, 2.24) is 29.8 Å². The van der Waals surface area contributed by atoms with Crippen molar-refractivity contribution in [2.24, 2.45) is 0 Å². The monoisotopic (exact) mass is 432 g/mol. The Balaban J connectivity index is 1.36. The van der Waals surface area contributed by atoms with Gasteiger partial charge in [0.15, 0.2) is 5.69 Å². The molecule has 0 spiro atoms. The second-order valence-corrected chi connectivity index (χ2v) is 8.77. The Labute approximate surface area is 190 Å². The molecule has 2 aromatic heterocycles. The van der Waals surface area contributed by atoms with E-state index in [9.17, 15) is 4.79 Å². The fraction of sp³-hybridized carbons (Fsp3) is 0.440. The van der Waals surface area contributed by atoms with E-state index in [4.69, 9.17) is 0 Å². The lowest BCUT2D eigenvalue weighted by atomic mass is 10.0. The second-order valence-electron chi connectivity index (χ2n) is 8.77. The quantitative estimate of drug-likeness (QED) is 0.597. The number of aromatic nitrogens is 4. The first-order valence-electron chi connectivity index (χ1n) is 11.3. The fourth-order valence-corrected chi connectivity index (χ4v) is 4.40. The minimum absolute atomic E-state index is 0.0505. The number of nitrogens with zero attached hydrogens (tertiary/aromatic N) is 6. The van der Waals surface area contributed by atoms with Gasteiger partial charge in [-0.1, -0.05) is 23.8 Å². The maximum absolute atomic E-state index is 13.2. The highest BCUT2D eigenvalue weighted by Gasteiger charge is 2.28. The first kappa shape index (κ1) is 22.1. The Morgan fingerprint density at radius 1 is 1.09 bits per heavy atom. The lowest BCUT2D eigenvalue weighted by Crippen LogP contribution is -2.46. The molecule has 168 valence electrons. The number of likely N-dealkylation sites (tertiary alicyclic amines) is 1. The molecule has 0 bridgehead atoms. The lowest BCUT2D eigenvalue weighted by molar-refractivity contribution is 0.0636. The summed E-state index contributed by atoms with van der Waals surface area (Å²) in [7, 11) is 1.89. The number of pyridine rings is 1. The van der Waals surface area contributed by atoms with Crippen LogP contribution in [0.25, 0.3) is 5.69 Å². The van der Waals surface area contributed by atoms with Crippen LogP contribution in [0.2, 0.25) is 0 Å². The van der Waals surface area contributed by atoms with E-state index in [0.717, 1.165) is 55.8 Å². The van der Waals surface area contributed by atoms with Crippen LogP contribution in [-0.4, -0.2) is 68.4 Å². The molecular formula is C25H32N6O. The zero-order valence-electron chi connectivity index (χ0n) is 19.5. The van der Waals surface area contributed by atoms with Crippen molar-refractivity contribution in [3.05, 3.63) is 70.8 Å². The molecule has 0 atom stereocenters. The summed E-state index contributed by atoms with van der Waals surface area (Å²) in [6.07, 6.45) is 4.74. The summed E-state index contributed by atoms with van der Waals surface area (Å²) in [5, 5.41) is 9.09. The van der Waals surface area contributed by atoms with Gasteiger partial charge in [-0.3, -0.25) is 9.78 Å². The molecule has 1 aromatic carbocycles. The average molecular weight is 433 g/mol. The largest absolute Gasteiger partial charge is 0.337 e. The Bertz CT molecular complexity index is 1070. The van der Waals surface area contributed by atoms with Gasteiger partial charge in [0.2, 0.25) is 0 Å². The first-order valence-corrected chi connectivity index (χ1v) is 11.3. The highest BCUT2D eigenvalue weighted by atomic mass is 16.2. The third kappa shape index (κ3) is 4.88. The van der Waals surface area contributed by atoms with Crippen molar-refractivity contribution in [3.63, 3.8) is 0 Å². The number of aryl methyl sites for hydroxylation is 3. The molecule has 1 aliphatic heterocycles. The van der Waals surface area contributed by atoms with E-state index in [1.54, 1.807) is 4.80 Å². The Morgan fingerprint density at radius 3 is 2.56 bits per heavy atom. The van der Waals surface area contributed by atoms with Gasteiger partial charge >= 0.3 is 0 Å². The Hall–Kier alpha value is -3.06. The second kappa shape index (κ2) is 9.61. The minimum Gasteiger partial charge on any atom is -0.337 e. The van der Waals surface area contributed by atoms with E-state index in [1.165, 1.54) is 5.56 Å². The highest BCUT2D eigenvalue weighted by molar-refractivity contribution is 5.93. The predicted molar refractivity (Wildman–Crippen MR) is 125 cm³/mol. The van der Waals surface area contributed by atoms with Crippen LogP contribution in [-0.2, 0) is 6.42 Å². The Kier molecular flexibility index (Phi) is 6.65. The number of benzene rings is 1. The van der Waals surface area contributed by atoms with Crippen LogP contribution in [0.15, 0.2) is 42.6 Å². The molecule has 0 unspecified atom stereocenters. The number of piperidine rings is 1. The van der Waals surface area contributed by atoms with Gasteiger partial charge in [-0.2, -0.15) is 9.90 Å². The zero-order chi connectivity index (χ0) is 22.7. The summed E-state index contributed by atoms with van der Waals surface area (Å²) in [5.74, 6) is -0.0505. The lowest BCUT2D eigenvalue weighted by Gasteiger charge is -2.36. The molecule has 1 amide bonds. The van der Waals surface area contributed by atoms with Crippen LogP contribution in [0, 0.1) is 20.8 Å². The van der Waals surface area contributed by atoms with E-state index in [1.807, 2.05) is 56.3 Å². The number of hydrogen-bond donors (Lipinski definition) is 0. The first-order chi connectivity index (χ1) is 15.4. The number of rotatable bonds is 6. The minimum atomic E-state index is -0.0505. The van der Waals surface area contributed by atoms with Crippen LogP contribution in [0.3, 0.4) is 0 Å². The van der Waals surface area contributed by atoms with Gasteiger partial charge in [-0.15, -0.1) is 5.10 Å². The zero-order valence-corrected chi connectivity index (χ0v) is 19.5. The van der Waals surface area contributed by atoms with Crippen LogP contribution in [0.5, 0.6) is 0 Å². The molecule has 1 aliphatic rings. The molecule has 0 aliphatic carbocycles. The smallest absolute Gasteiger partial charge is 0.276 e. The van der Waals surface area contributed by atoms with E-state index < -0.39 is 0 Å². The van der Waals surface area contributed by atoms with Crippen LogP contribution in [0.1, 0.15) is 45.8 Å². The van der Waals surface area contributed by atoms with Crippen LogP contribution in [0.4, 0.5) is 0 Å². The number of carbonyl (C=O) groups excluding carboxylic acids is 1. The van der Waals surface area contributed by atoms with Gasteiger partial charge in [-0.05, 0) is 57.4 Å². The topological polar surface area (TPSA) is 67.2 Å². The molecule has 7 heteroatoms. The van der Waals surface area contributed by atoms with E-state index in [0.29, 0.717) is 11.4 Å². The summed E-state index contributed by atoms with van der Waals surface area (Å²) in [4.78, 5) is 23.6. The average Bonchev–Trinajstić information content (AvgIpc) is 3.19. The SMILES string of the molecule is Cc1ccc(-n2nc(C)c(C(=O)N(C)C3CCN(CCc4ccccn4)CC3)n2)c(C)c1. The standard InChI is InChI=1S/C25H32N6O/c1-18-8-9-23(19(2)17-18)31-27-20(3)24(28-31)25(32)29(4)22-11-15-30(16-12-22)14-10-21-7-5-6-13-26-21/h5-9,13,17,22H,10-12,14-16H2,1-4H3. The van der Waals surface area contributed by atoms with Crippen molar-refractivity contribution >= 4 is 5.91 Å². The number of carbonyl (C=O) groups is 1. The summed E-state index contributed by atoms with van der Waals surface area (Å²) >= 11 is 0. The van der Waals surface area contributed by atoms with Gasteiger partial charge in [0, 0.05) is 51.0 Å². The molecule has 3 heterocycles. The Morgan fingerprint density at radius 2 is 1.88 bits per heavy atom. The predicted octanol–water partition coefficient (Wildman–Crippen LogP) is 3.37. The maximum atomic E-state index is 13.2. The van der Waals surface area contributed by atoms with Crippen molar-refractivity contribution in [1.29, 1.82) is 0 Å². The van der Waals surface area contributed by atoms with E-state index in [2.05, 4.69) is 39.1 Å². The molecule has 3 aromatic rings. The van der Waals surface area contributed by atoms with E-state index >= 15 is 0 Å². The van der Waals surface area contributed by atoms with Gasteiger partial charge in [-0.25, -0.2) is 0 Å². The molecular weight excluding hydrogens is 400 g/mol. The molecule has 0 radical (unpaired) electrons. The molecule has 7 nitrogen and oxygen atoms in total. The molecule has 0 saturated carbocycles. The van der Waals surface area contributed by atoms with Crippen LogP contribution >= 0.6 is 0 Å². The van der Waals surface area contributed by atoms with Gasteiger partial charge in [0.25, 0.3) is 5.91 Å². The number of amides is 1. The summed E-state index contributed by atoms with van der Waals surface area (Å²) in [6, 6.07) is 12.4.